The average Bonchev–Trinajstić information content (AvgIpc) is 3.55. The molecule has 2 unspecified atom stereocenters. The molecule has 1 aromatic carbocycles. The molecule has 1 aliphatic carbocycles. The molecule has 0 aliphatic heterocycles. The van der Waals surface area contributed by atoms with Crippen molar-refractivity contribution in [3.8, 4) is 0 Å². The standard InChI is InChI=1S/C21H28N4O5/c1-25(2)21(30)18(15-6-4-3-5-7-15)24-17(27)10-11-22-20(29)19(28)16(23-13-26)12-14-8-9-14/h3-7,13-14,16,18H,8-12H2,1-2H3,(H,22,29)(H,23,26)(H,24,27). The Hall–Kier alpha value is -3.23. The number of Topliss-reactive ketones (excluding diaryl/α,β-unsaturated/α-hetero) is 1. The zero-order valence-corrected chi connectivity index (χ0v) is 17.2. The van der Waals surface area contributed by atoms with Gasteiger partial charge in [-0.25, -0.2) is 0 Å². The summed E-state index contributed by atoms with van der Waals surface area (Å²) in [6.07, 6.45) is 2.73. The number of carbonyl (C=O) groups is 5. The SMILES string of the molecule is CN(C)C(=O)C(NC(=O)CCNC(=O)C(=O)C(CC1CC1)NC=O)c1ccccc1. The van der Waals surface area contributed by atoms with Gasteiger partial charge in [0.05, 0.1) is 6.04 Å². The maximum atomic E-state index is 12.4. The number of amides is 4. The number of likely N-dealkylation sites (N-methyl/N-ethyl adjacent to an activating group) is 1. The highest BCUT2D eigenvalue weighted by Gasteiger charge is 2.32. The van der Waals surface area contributed by atoms with E-state index in [1.54, 1.807) is 38.4 Å². The first-order valence-corrected chi connectivity index (χ1v) is 9.90. The van der Waals surface area contributed by atoms with Crippen molar-refractivity contribution < 1.29 is 24.0 Å². The van der Waals surface area contributed by atoms with Gasteiger partial charge in [0.15, 0.2) is 0 Å². The number of rotatable bonds is 12. The van der Waals surface area contributed by atoms with E-state index in [-0.39, 0.29) is 18.9 Å². The maximum Gasteiger partial charge on any atom is 0.289 e. The largest absolute Gasteiger partial charge is 0.349 e. The fourth-order valence-corrected chi connectivity index (χ4v) is 2.98. The molecule has 0 aromatic heterocycles. The lowest BCUT2D eigenvalue weighted by Gasteiger charge is -2.22. The van der Waals surface area contributed by atoms with E-state index in [4.69, 9.17) is 0 Å². The second-order valence-electron chi connectivity index (χ2n) is 7.53. The van der Waals surface area contributed by atoms with Gasteiger partial charge in [0.2, 0.25) is 24.0 Å². The van der Waals surface area contributed by atoms with Crippen molar-refractivity contribution in [1.29, 1.82) is 0 Å². The second kappa shape index (κ2) is 11.1. The molecule has 0 bridgehead atoms. The third-order valence-corrected chi connectivity index (χ3v) is 4.84. The van der Waals surface area contributed by atoms with Crippen LogP contribution in [0.3, 0.4) is 0 Å². The highest BCUT2D eigenvalue weighted by atomic mass is 16.2. The molecule has 0 spiro atoms. The summed E-state index contributed by atoms with van der Waals surface area (Å²) in [6, 6.07) is 7.16. The molecule has 2 atom stereocenters. The minimum atomic E-state index is -0.844. The summed E-state index contributed by atoms with van der Waals surface area (Å²) >= 11 is 0. The monoisotopic (exact) mass is 416 g/mol. The van der Waals surface area contributed by atoms with Crippen molar-refractivity contribution in [3.63, 3.8) is 0 Å². The summed E-state index contributed by atoms with van der Waals surface area (Å²) < 4.78 is 0. The van der Waals surface area contributed by atoms with E-state index in [0.717, 1.165) is 12.8 Å². The van der Waals surface area contributed by atoms with Crippen LogP contribution in [0.2, 0.25) is 0 Å². The van der Waals surface area contributed by atoms with Gasteiger partial charge in [-0.05, 0) is 17.9 Å². The highest BCUT2D eigenvalue weighted by molar-refractivity contribution is 6.38. The van der Waals surface area contributed by atoms with Gasteiger partial charge in [-0.1, -0.05) is 43.2 Å². The smallest absolute Gasteiger partial charge is 0.289 e. The molecular formula is C21H28N4O5. The number of nitrogens with one attached hydrogen (secondary N) is 3. The number of ketones is 1. The fourth-order valence-electron chi connectivity index (χ4n) is 2.98. The van der Waals surface area contributed by atoms with Crippen LogP contribution in [0, 0.1) is 5.92 Å². The van der Waals surface area contributed by atoms with Crippen molar-refractivity contribution in [3.05, 3.63) is 35.9 Å². The van der Waals surface area contributed by atoms with E-state index in [0.29, 0.717) is 24.3 Å². The van der Waals surface area contributed by atoms with E-state index in [1.165, 1.54) is 4.90 Å². The van der Waals surface area contributed by atoms with Crippen LogP contribution in [0.25, 0.3) is 0 Å². The van der Waals surface area contributed by atoms with Gasteiger partial charge in [0.25, 0.3) is 5.91 Å². The lowest BCUT2D eigenvalue weighted by atomic mass is 10.1. The Kier molecular flexibility index (Phi) is 8.52. The third kappa shape index (κ3) is 6.98. The predicted molar refractivity (Wildman–Crippen MR) is 109 cm³/mol. The summed E-state index contributed by atoms with van der Waals surface area (Å²) in [5.74, 6) is -1.93. The van der Waals surface area contributed by atoms with Crippen LogP contribution >= 0.6 is 0 Å². The van der Waals surface area contributed by atoms with Crippen molar-refractivity contribution >= 4 is 29.9 Å². The lowest BCUT2D eigenvalue weighted by molar-refractivity contribution is -0.139. The molecule has 4 amide bonds. The van der Waals surface area contributed by atoms with Gasteiger partial charge in [0.1, 0.15) is 6.04 Å². The zero-order valence-electron chi connectivity index (χ0n) is 17.2. The van der Waals surface area contributed by atoms with Crippen LogP contribution < -0.4 is 16.0 Å². The molecule has 0 heterocycles. The summed E-state index contributed by atoms with van der Waals surface area (Å²) in [4.78, 5) is 61.1. The van der Waals surface area contributed by atoms with Crippen LogP contribution in [-0.2, 0) is 24.0 Å². The van der Waals surface area contributed by atoms with Gasteiger partial charge in [-0.2, -0.15) is 0 Å². The van der Waals surface area contributed by atoms with Gasteiger partial charge in [0, 0.05) is 27.1 Å². The molecule has 1 fully saturated rings. The van der Waals surface area contributed by atoms with Crippen LogP contribution in [-0.4, -0.2) is 61.5 Å². The second-order valence-corrected chi connectivity index (χ2v) is 7.53. The van der Waals surface area contributed by atoms with Crippen molar-refractivity contribution in [2.75, 3.05) is 20.6 Å². The Morgan fingerprint density at radius 2 is 1.80 bits per heavy atom. The molecule has 1 aromatic rings. The first-order chi connectivity index (χ1) is 14.3. The van der Waals surface area contributed by atoms with Gasteiger partial charge >= 0.3 is 0 Å². The number of hydrogen-bond acceptors (Lipinski definition) is 5. The molecule has 30 heavy (non-hydrogen) atoms. The first kappa shape index (κ1) is 23.1. The Labute approximate surface area is 175 Å². The van der Waals surface area contributed by atoms with Crippen LogP contribution in [0.4, 0.5) is 0 Å². The summed E-state index contributed by atoms with van der Waals surface area (Å²) in [5, 5.41) is 7.47. The molecule has 9 heteroatoms. The minimum absolute atomic E-state index is 0.0642. The Bertz CT molecular complexity index is 777. The maximum absolute atomic E-state index is 12.4. The highest BCUT2D eigenvalue weighted by Crippen LogP contribution is 2.33. The summed E-state index contributed by atoms with van der Waals surface area (Å²) in [7, 11) is 3.20. The summed E-state index contributed by atoms with van der Waals surface area (Å²) in [5.41, 5.74) is 0.645. The lowest BCUT2D eigenvalue weighted by Crippen LogP contribution is -2.46. The van der Waals surface area contributed by atoms with Gasteiger partial charge in [-0.15, -0.1) is 0 Å². The van der Waals surface area contributed by atoms with E-state index in [1.807, 2.05) is 6.07 Å². The van der Waals surface area contributed by atoms with E-state index in [9.17, 15) is 24.0 Å². The quantitative estimate of drug-likeness (QED) is 0.325. The number of carbonyl (C=O) groups excluding carboxylic acids is 5. The van der Waals surface area contributed by atoms with Gasteiger partial charge < -0.3 is 20.9 Å². The molecular weight excluding hydrogens is 388 g/mol. The van der Waals surface area contributed by atoms with Gasteiger partial charge in [-0.3, -0.25) is 24.0 Å². The zero-order chi connectivity index (χ0) is 22.1. The van der Waals surface area contributed by atoms with Crippen LogP contribution in [0.15, 0.2) is 30.3 Å². The molecule has 3 N–H and O–H groups in total. The number of benzene rings is 1. The average molecular weight is 416 g/mol. The van der Waals surface area contributed by atoms with Crippen molar-refractivity contribution in [2.45, 2.75) is 37.8 Å². The predicted octanol–water partition coefficient (Wildman–Crippen LogP) is -0.0778. The van der Waals surface area contributed by atoms with Crippen LogP contribution in [0.5, 0.6) is 0 Å². The van der Waals surface area contributed by atoms with Crippen LogP contribution in [0.1, 0.15) is 37.3 Å². The first-order valence-electron chi connectivity index (χ1n) is 9.90. The van der Waals surface area contributed by atoms with E-state index >= 15 is 0 Å². The number of nitrogens with zero attached hydrogens (tertiary/aromatic N) is 1. The molecule has 2 rings (SSSR count). The molecule has 162 valence electrons. The molecule has 0 radical (unpaired) electrons. The summed E-state index contributed by atoms with van der Waals surface area (Å²) in [6.45, 7) is -0.0642. The Balaban J connectivity index is 1.85. The van der Waals surface area contributed by atoms with Crippen molar-refractivity contribution in [2.24, 2.45) is 5.92 Å². The molecule has 1 saturated carbocycles. The fraction of sp³-hybridized carbons (Fsp3) is 0.476. The Morgan fingerprint density at radius 3 is 2.37 bits per heavy atom. The van der Waals surface area contributed by atoms with E-state index in [2.05, 4.69) is 16.0 Å². The topological polar surface area (TPSA) is 125 Å². The number of hydrogen-bond donors (Lipinski definition) is 3. The minimum Gasteiger partial charge on any atom is -0.349 e. The molecule has 0 saturated heterocycles. The molecule has 9 nitrogen and oxygen atoms in total. The molecule has 1 aliphatic rings. The van der Waals surface area contributed by atoms with Crippen molar-refractivity contribution in [1.82, 2.24) is 20.9 Å². The third-order valence-electron chi connectivity index (χ3n) is 4.84. The van der Waals surface area contributed by atoms with E-state index < -0.39 is 29.7 Å². The Morgan fingerprint density at radius 1 is 1.13 bits per heavy atom. The normalized spacial score (nSPS) is 14.7.